The first-order valence-corrected chi connectivity index (χ1v) is 10.3. The van der Waals surface area contributed by atoms with Crippen LogP contribution in [0.25, 0.3) is 0 Å². The molecule has 0 atom stereocenters. The standard InChI is InChI=1S/C19H24N2O5S/c1-4-26-18-12-8-6-10-16(18)21(27(3,23)24)14-13-20-19(22)15-9-5-7-11-17(15)25-2/h5-12H,4,13-14H2,1-3H3,(H,20,22). The first-order valence-electron chi connectivity index (χ1n) is 8.49. The SMILES string of the molecule is CCOc1ccccc1N(CCNC(=O)c1ccccc1OC)S(C)(=O)=O. The molecule has 146 valence electrons. The largest absolute Gasteiger partial charge is 0.496 e. The quantitative estimate of drug-likeness (QED) is 0.708. The predicted octanol–water partition coefficient (Wildman–Crippen LogP) is 2.29. The van der Waals surface area contributed by atoms with Gasteiger partial charge in [0.15, 0.2) is 0 Å². The summed E-state index contributed by atoms with van der Waals surface area (Å²) in [4.78, 5) is 12.4. The summed E-state index contributed by atoms with van der Waals surface area (Å²) < 4.78 is 36.5. The van der Waals surface area contributed by atoms with E-state index < -0.39 is 10.0 Å². The van der Waals surface area contributed by atoms with Crippen LogP contribution >= 0.6 is 0 Å². The molecular formula is C19H24N2O5S. The number of methoxy groups -OCH3 is 1. The highest BCUT2D eigenvalue weighted by Gasteiger charge is 2.21. The van der Waals surface area contributed by atoms with Crippen LogP contribution in [0.4, 0.5) is 5.69 Å². The minimum absolute atomic E-state index is 0.0732. The first-order chi connectivity index (χ1) is 12.9. The number of hydrogen-bond acceptors (Lipinski definition) is 5. The Morgan fingerprint density at radius 3 is 2.33 bits per heavy atom. The lowest BCUT2D eigenvalue weighted by Crippen LogP contribution is -2.38. The zero-order chi connectivity index (χ0) is 19.9. The van der Waals surface area contributed by atoms with E-state index in [4.69, 9.17) is 9.47 Å². The van der Waals surface area contributed by atoms with Gasteiger partial charge in [-0.05, 0) is 31.2 Å². The molecule has 2 rings (SSSR count). The number of carbonyl (C=O) groups excluding carboxylic acids is 1. The number of amides is 1. The number of nitrogens with zero attached hydrogens (tertiary/aromatic N) is 1. The van der Waals surface area contributed by atoms with E-state index in [2.05, 4.69) is 5.32 Å². The number of rotatable bonds is 9. The third-order valence-electron chi connectivity index (χ3n) is 3.79. The highest BCUT2D eigenvalue weighted by molar-refractivity contribution is 7.92. The van der Waals surface area contributed by atoms with Crippen LogP contribution in [0, 0.1) is 0 Å². The van der Waals surface area contributed by atoms with E-state index in [9.17, 15) is 13.2 Å². The van der Waals surface area contributed by atoms with Crippen molar-refractivity contribution in [1.82, 2.24) is 5.32 Å². The average Bonchev–Trinajstić information content (AvgIpc) is 2.65. The molecule has 27 heavy (non-hydrogen) atoms. The summed E-state index contributed by atoms with van der Waals surface area (Å²) >= 11 is 0. The van der Waals surface area contributed by atoms with Crippen molar-refractivity contribution >= 4 is 21.6 Å². The average molecular weight is 392 g/mol. The zero-order valence-electron chi connectivity index (χ0n) is 15.6. The molecule has 1 amide bonds. The summed E-state index contributed by atoms with van der Waals surface area (Å²) in [6.07, 6.45) is 1.12. The molecule has 1 N–H and O–H groups in total. The second kappa shape index (κ2) is 9.27. The van der Waals surface area contributed by atoms with Gasteiger partial charge in [-0.1, -0.05) is 24.3 Å². The van der Waals surface area contributed by atoms with E-state index in [1.807, 2.05) is 6.92 Å². The lowest BCUT2D eigenvalue weighted by Gasteiger charge is -2.24. The maximum Gasteiger partial charge on any atom is 0.255 e. The van der Waals surface area contributed by atoms with Crippen molar-refractivity contribution in [2.45, 2.75) is 6.92 Å². The molecule has 0 heterocycles. The summed E-state index contributed by atoms with van der Waals surface area (Å²) in [7, 11) is -2.07. The van der Waals surface area contributed by atoms with Gasteiger partial charge in [-0.15, -0.1) is 0 Å². The summed E-state index contributed by atoms with van der Waals surface area (Å²) in [5.74, 6) is 0.595. The van der Waals surface area contributed by atoms with Crippen LogP contribution in [0.3, 0.4) is 0 Å². The van der Waals surface area contributed by atoms with E-state index in [0.29, 0.717) is 29.4 Å². The molecule has 8 heteroatoms. The smallest absolute Gasteiger partial charge is 0.255 e. The molecule has 2 aromatic carbocycles. The molecule has 7 nitrogen and oxygen atoms in total. The van der Waals surface area contributed by atoms with Crippen LogP contribution in [0.5, 0.6) is 11.5 Å². The van der Waals surface area contributed by atoms with Crippen molar-refractivity contribution in [3.8, 4) is 11.5 Å². The fraction of sp³-hybridized carbons (Fsp3) is 0.316. The normalized spacial score (nSPS) is 10.9. The molecule has 0 saturated carbocycles. The minimum Gasteiger partial charge on any atom is -0.496 e. The lowest BCUT2D eigenvalue weighted by molar-refractivity contribution is 0.0952. The number of ether oxygens (including phenoxy) is 2. The highest BCUT2D eigenvalue weighted by atomic mass is 32.2. The van der Waals surface area contributed by atoms with Gasteiger partial charge in [-0.2, -0.15) is 0 Å². The van der Waals surface area contributed by atoms with E-state index >= 15 is 0 Å². The molecule has 0 bridgehead atoms. The molecule has 0 aliphatic carbocycles. The Labute approximate surface area is 160 Å². The molecule has 0 spiro atoms. The lowest BCUT2D eigenvalue weighted by atomic mass is 10.2. The summed E-state index contributed by atoms with van der Waals surface area (Å²) in [5, 5.41) is 2.73. The van der Waals surface area contributed by atoms with Crippen molar-refractivity contribution < 1.29 is 22.7 Å². The summed E-state index contributed by atoms with van der Waals surface area (Å²) in [6.45, 7) is 2.45. The van der Waals surface area contributed by atoms with Crippen molar-refractivity contribution in [1.29, 1.82) is 0 Å². The molecule has 0 aliphatic heterocycles. The van der Waals surface area contributed by atoms with Crippen molar-refractivity contribution in [2.24, 2.45) is 0 Å². The van der Waals surface area contributed by atoms with Gasteiger partial charge in [0.1, 0.15) is 11.5 Å². The van der Waals surface area contributed by atoms with Gasteiger partial charge >= 0.3 is 0 Å². The Bertz CT molecular complexity index is 883. The van der Waals surface area contributed by atoms with Crippen molar-refractivity contribution in [2.75, 3.05) is 37.4 Å². The Balaban J connectivity index is 2.14. The van der Waals surface area contributed by atoms with Gasteiger partial charge in [0.25, 0.3) is 5.91 Å². The Kier molecular flexibility index (Phi) is 7.06. The Morgan fingerprint density at radius 2 is 1.70 bits per heavy atom. The second-order valence-corrected chi connectivity index (χ2v) is 7.60. The van der Waals surface area contributed by atoms with E-state index in [1.54, 1.807) is 48.5 Å². The molecule has 0 aromatic heterocycles. The van der Waals surface area contributed by atoms with Crippen molar-refractivity contribution in [3.05, 3.63) is 54.1 Å². The minimum atomic E-state index is -3.56. The fourth-order valence-corrected chi connectivity index (χ4v) is 3.54. The van der Waals surface area contributed by atoms with Gasteiger partial charge in [-0.3, -0.25) is 9.10 Å². The van der Waals surface area contributed by atoms with Gasteiger partial charge in [0, 0.05) is 6.54 Å². The van der Waals surface area contributed by atoms with Gasteiger partial charge in [-0.25, -0.2) is 8.42 Å². The van der Waals surface area contributed by atoms with Crippen LogP contribution in [0.2, 0.25) is 0 Å². The highest BCUT2D eigenvalue weighted by Crippen LogP contribution is 2.29. The number of sulfonamides is 1. The number of anilines is 1. The molecule has 0 fully saturated rings. The van der Waals surface area contributed by atoms with Crippen LogP contribution in [0.15, 0.2) is 48.5 Å². The van der Waals surface area contributed by atoms with Crippen LogP contribution in [0.1, 0.15) is 17.3 Å². The number of nitrogens with one attached hydrogen (secondary N) is 1. The number of benzene rings is 2. The molecule has 0 radical (unpaired) electrons. The topological polar surface area (TPSA) is 84.9 Å². The molecule has 2 aromatic rings. The predicted molar refractivity (Wildman–Crippen MR) is 105 cm³/mol. The number of para-hydroxylation sites is 3. The summed E-state index contributed by atoms with van der Waals surface area (Å²) in [6, 6.07) is 13.7. The first kappa shape index (κ1) is 20.6. The summed E-state index contributed by atoms with van der Waals surface area (Å²) in [5.41, 5.74) is 0.828. The molecule has 0 aliphatic rings. The van der Waals surface area contributed by atoms with Crippen molar-refractivity contribution in [3.63, 3.8) is 0 Å². The third kappa shape index (κ3) is 5.37. The van der Waals surface area contributed by atoms with Gasteiger partial charge in [0.05, 0.1) is 37.8 Å². The third-order valence-corrected chi connectivity index (χ3v) is 4.97. The van der Waals surface area contributed by atoms with Gasteiger partial charge in [0.2, 0.25) is 10.0 Å². The molecular weight excluding hydrogens is 368 g/mol. The van der Waals surface area contributed by atoms with Gasteiger partial charge < -0.3 is 14.8 Å². The van der Waals surface area contributed by atoms with E-state index in [-0.39, 0.29) is 19.0 Å². The molecule has 0 saturated heterocycles. The maximum absolute atomic E-state index is 12.4. The number of hydrogen-bond donors (Lipinski definition) is 1. The van der Waals surface area contributed by atoms with E-state index in [0.717, 1.165) is 6.26 Å². The van der Waals surface area contributed by atoms with Crippen LogP contribution in [-0.2, 0) is 10.0 Å². The molecule has 0 unspecified atom stereocenters. The Morgan fingerprint density at radius 1 is 1.07 bits per heavy atom. The van der Waals surface area contributed by atoms with E-state index in [1.165, 1.54) is 11.4 Å². The monoisotopic (exact) mass is 392 g/mol. The van der Waals surface area contributed by atoms with Crippen LogP contribution in [-0.4, -0.2) is 47.4 Å². The maximum atomic E-state index is 12.4. The zero-order valence-corrected chi connectivity index (χ0v) is 16.5. The number of carbonyl (C=O) groups is 1. The Hall–Kier alpha value is -2.74. The second-order valence-electron chi connectivity index (χ2n) is 5.69. The van der Waals surface area contributed by atoms with Crippen LogP contribution < -0.4 is 19.1 Å². The fourth-order valence-electron chi connectivity index (χ4n) is 2.60.